The van der Waals surface area contributed by atoms with Crippen LogP contribution in [-0.2, 0) is 22.6 Å². The van der Waals surface area contributed by atoms with Crippen molar-refractivity contribution in [1.82, 2.24) is 10.2 Å². The Morgan fingerprint density at radius 2 is 1.61 bits per heavy atom. The van der Waals surface area contributed by atoms with Crippen molar-refractivity contribution >= 4 is 5.91 Å². The van der Waals surface area contributed by atoms with E-state index in [0.29, 0.717) is 18.7 Å². The largest absolute Gasteiger partial charge is 0.392 e. The highest BCUT2D eigenvalue weighted by Gasteiger charge is 2.39. The number of β-amino-alcohol motifs (C(OH)–C–C–N with tert-alkyl or cyclic N) is 1. The minimum absolute atomic E-state index is 0.00455. The summed E-state index contributed by atoms with van der Waals surface area (Å²) < 4.78 is 13.2. The van der Waals surface area contributed by atoms with E-state index < -0.39 is 6.29 Å². The zero-order chi connectivity index (χ0) is 30.5. The van der Waals surface area contributed by atoms with E-state index in [1.807, 2.05) is 66.7 Å². The molecule has 2 saturated heterocycles. The summed E-state index contributed by atoms with van der Waals surface area (Å²) in [6.07, 6.45) is -0.297. The van der Waals surface area contributed by atoms with Gasteiger partial charge >= 0.3 is 0 Å². The summed E-state index contributed by atoms with van der Waals surface area (Å²) in [7, 11) is 0. The number of aliphatic hydroxyl groups is 2. The number of benzene rings is 4. The smallest absolute Gasteiger partial charge is 0.251 e. The highest BCUT2D eigenvalue weighted by molar-refractivity contribution is 5.94. The van der Waals surface area contributed by atoms with Gasteiger partial charge < -0.3 is 25.0 Å². The predicted molar refractivity (Wildman–Crippen MR) is 170 cm³/mol. The van der Waals surface area contributed by atoms with Crippen LogP contribution in [-0.4, -0.2) is 52.9 Å². The van der Waals surface area contributed by atoms with E-state index in [9.17, 15) is 15.0 Å². The second-order valence-corrected chi connectivity index (χ2v) is 11.9. The van der Waals surface area contributed by atoms with Crippen molar-refractivity contribution in [3.8, 4) is 11.1 Å². The molecule has 0 aliphatic carbocycles. The minimum atomic E-state index is -0.542. The van der Waals surface area contributed by atoms with Crippen molar-refractivity contribution in [2.24, 2.45) is 5.92 Å². The standard InChI is InChI=1S/C37H40N2O5/c1-25-34(23-39-19-18-33(41)22-39)43-37(44-35(25)29-12-10-26(24-40)11-13-29)31-16-14-28(15-17-31)32-9-5-6-27(20-32)21-38-36(42)30-7-3-2-4-8-30/h2-17,20,25,33-35,37,40-41H,18-19,21-24H2,1H3,(H,38,42). The predicted octanol–water partition coefficient (Wildman–Crippen LogP) is 5.63. The van der Waals surface area contributed by atoms with Gasteiger partial charge in [0.25, 0.3) is 5.91 Å². The maximum absolute atomic E-state index is 12.5. The second kappa shape index (κ2) is 13.8. The molecule has 7 heteroatoms. The highest BCUT2D eigenvalue weighted by atomic mass is 16.7. The maximum atomic E-state index is 12.5. The Kier molecular flexibility index (Phi) is 9.50. The van der Waals surface area contributed by atoms with Crippen molar-refractivity contribution < 1.29 is 24.5 Å². The van der Waals surface area contributed by atoms with Gasteiger partial charge in [-0.1, -0.05) is 91.9 Å². The SMILES string of the molecule is CC1C(CN2CCC(O)C2)OC(c2ccc(-c3cccc(CNC(=O)c4ccccc4)c3)cc2)OC1c1ccc(CO)cc1. The summed E-state index contributed by atoms with van der Waals surface area (Å²) in [4.78, 5) is 14.8. The van der Waals surface area contributed by atoms with E-state index in [-0.39, 0.29) is 36.7 Å². The molecule has 228 valence electrons. The molecule has 5 unspecified atom stereocenters. The van der Waals surface area contributed by atoms with Crippen LogP contribution in [0.5, 0.6) is 0 Å². The summed E-state index contributed by atoms with van der Waals surface area (Å²) in [5.74, 6) is -0.00243. The van der Waals surface area contributed by atoms with Crippen molar-refractivity contribution in [3.63, 3.8) is 0 Å². The first-order valence-corrected chi connectivity index (χ1v) is 15.4. The van der Waals surface area contributed by atoms with Crippen molar-refractivity contribution in [1.29, 1.82) is 0 Å². The van der Waals surface area contributed by atoms with E-state index in [2.05, 4.69) is 53.5 Å². The zero-order valence-corrected chi connectivity index (χ0v) is 25.0. The number of carbonyl (C=O) groups excluding carboxylic acids is 1. The number of nitrogens with one attached hydrogen (secondary N) is 1. The Morgan fingerprint density at radius 3 is 2.32 bits per heavy atom. The first kappa shape index (κ1) is 30.2. The Balaban J connectivity index is 1.17. The third-order valence-electron chi connectivity index (χ3n) is 8.74. The van der Waals surface area contributed by atoms with Crippen LogP contribution in [0.15, 0.2) is 103 Å². The number of hydrogen-bond donors (Lipinski definition) is 3. The molecule has 4 aromatic carbocycles. The third-order valence-corrected chi connectivity index (χ3v) is 8.74. The second-order valence-electron chi connectivity index (χ2n) is 11.9. The van der Waals surface area contributed by atoms with Crippen molar-refractivity contribution in [3.05, 3.63) is 131 Å². The van der Waals surface area contributed by atoms with Crippen molar-refractivity contribution in [2.75, 3.05) is 19.6 Å². The van der Waals surface area contributed by atoms with Crippen LogP contribution in [0.4, 0.5) is 0 Å². The molecule has 5 atom stereocenters. The lowest BCUT2D eigenvalue weighted by Crippen LogP contribution is -2.44. The fourth-order valence-electron chi connectivity index (χ4n) is 6.13. The molecular formula is C37H40N2O5. The summed E-state index contributed by atoms with van der Waals surface area (Å²) in [6, 6.07) is 33.6. The van der Waals surface area contributed by atoms with E-state index in [4.69, 9.17) is 9.47 Å². The lowest BCUT2D eigenvalue weighted by molar-refractivity contribution is -0.276. The van der Waals surface area contributed by atoms with Crippen LogP contribution in [0, 0.1) is 5.92 Å². The quantitative estimate of drug-likeness (QED) is 0.233. The molecule has 44 heavy (non-hydrogen) atoms. The molecule has 0 bridgehead atoms. The average Bonchev–Trinajstić information content (AvgIpc) is 3.49. The van der Waals surface area contributed by atoms with Crippen LogP contribution < -0.4 is 5.32 Å². The number of hydrogen-bond acceptors (Lipinski definition) is 6. The minimum Gasteiger partial charge on any atom is -0.392 e. The number of rotatable bonds is 9. The van der Waals surface area contributed by atoms with Gasteiger partial charge in [0.15, 0.2) is 6.29 Å². The van der Waals surface area contributed by atoms with Crippen LogP contribution in [0.1, 0.15) is 58.4 Å². The molecule has 4 aromatic rings. The van der Waals surface area contributed by atoms with Crippen LogP contribution in [0.2, 0.25) is 0 Å². The zero-order valence-electron chi connectivity index (χ0n) is 25.0. The number of carbonyl (C=O) groups is 1. The van der Waals surface area contributed by atoms with E-state index in [1.165, 1.54) is 0 Å². The van der Waals surface area contributed by atoms with E-state index >= 15 is 0 Å². The lowest BCUT2D eigenvalue weighted by Gasteiger charge is -2.42. The summed E-state index contributed by atoms with van der Waals surface area (Å²) in [6.45, 7) is 4.87. The monoisotopic (exact) mass is 592 g/mol. The molecule has 0 aromatic heterocycles. The summed E-state index contributed by atoms with van der Waals surface area (Å²) >= 11 is 0. The normalized spacial score (nSPS) is 23.8. The Morgan fingerprint density at radius 1 is 0.864 bits per heavy atom. The fraction of sp³-hybridized carbons (Fsp3) is 0.324. The Hall–Kier alpha value is -3.85. The number of nitrogens with zero attached hydrogens (tertiary/aromatic N) is 1. The Labute approximate surface area is 259 Å². The molecule has 0 radical (unpaired) electrons. The van der Waals surface area contributed by atoms with Gasteiger partial charge in [-0.15, -0.1) is 0 Å². The molecule has 2 aliphatic rings. The van der Waals surface area contributed by atoms with Gasteiger partial charge in [-0.3, -0.25) is 9.69 Å². The third kappa shape index (κ3) is 7.09. The van der Waals surface area contributed by atoms with Crippen molar-refractivity contribution in [2.45, 2.75) is 51.1 Å². The molecule has 1 amide bonds. The number of likely N-dealkylation sites (tertiary alicyclic amines) is 1. The maximum Gasteiger partial charge on any atom is 0.251 e. The number of amides is 1. The van der Waals surface area contributed by atoms with Gasteiger partial charge in [-0.05, 0) is 52.4 Å². The average molecular weight is 593 g/mol. The molecule has 0 saturated carbocycles. The molecule has 2 heterocycles. The van der Waals surface area contributed by atoms with Crippen LogP contribution in [0.3, 0.4) is 0 Å². The van der Waals surface area contributed by atoms with Gasteiger partial charge in [0, 0.05) is 43.2 Å². The molecule has 2 aliphatic heterocycles. The van der Waals surface area contributed by atoms with E-state index in [1.54, 1.807) is 0 Å². The van der Waals surface area contributed by atoms with Gasteiger partial charge in [-0.25, -0.2) is 0 Å². The molecular weight excluding hydrogens is 552 g/mol. The lowest BCUT2D eigenvalue weighted by atomic mass is 9.90. The van der Waals surface area contributed by atoms with Gasteiger partial charge in [0.2, 0.25) is 0 Å². The molecule has 6 rings (SSSR count). The fourth-order valence-corrected chi connectivity index (χ4v) is 6.13. The number of aliphatic hydroxyl groups excluding tert-OH is 2. The van der Waals surface area contributed by atoms with E-state index in [0.717, 1.165) is 52.9 Å². The Bertz CT molecular complexity index is 1530. The molecule has 7 nitrogen and oxygen atoms in total. The number of ether oxygens (including phenoxy) is 2. The first-order valence-electron chi connectivity index (χ1n) is 15.4. The topological polar surface area (TPSA) is 91.3 Å². The summed E-state index contributed by atoms with van der Waals surface area (Å²) in [5, 5.41) is 22.6. The molecule has 2 fully saturated rings. The molecule has 0 spiro atoms. The summed E-state index contributed by atoms with van der Waals surface area (Å²) in [5.41, 5.74) is 6.66. The van der Waals surface area contributed by atoms with Gasteiger partial charge in [-0.2, -0.15) is 0 Å². The van der Waals surface area contributed by atoms with Crippen LogP contribution in [0.25, 0.3) is 11.1 Å². The molecule has 3 N–H and O–H groups in total. The van der Waals surface area contributed by atoms with Gasteiger partial charge in [0.1, 0.15) is 0 Å². The first-order chi connectivity index (χ1) is 21.5. The highest BCUT2D eigenvalue weighted by Crippen LogP contribution is 2.42. The van der Waals surface area contributed by atoms with Gasteiger partial charge in [0.05, 0.1) is 24.9 Å². The van der Waals surface area contributed by atoms with Crippen LogP contribution >= 0.6 is 0 Å².